The molecular weight excluding hydrogens is 314 g/mol. The van der Waals surface area contributed by atoms with Gasteiger partial charge in [0, 0.05) is 0 Å². The lowest BCUT2D eigenvalue weighted by atomic mass is 10.2. The molecule has 6 heteroatoms. The van der Waals surface area contributed by atoms with Crippen LogP contribution in [0.4, 0.5) is 10.5 Å². The van der Waals surface area contributed by atoms with E-state index in [1.165, 1.54) is 13.2 Å². The smallest absolute Gasteiger partial charge is 0.298 e. The third-order valence-electron chi connectivity index (χ3n) is 3.31. The first-order chi connectivity index (χ1) is 11.1. The Morgan fingerprint density at radius 1 is 1.13 bits per heavy atom. The van der Waals surface area contributed by atoms with Gasteiger partial charge in [-0.05, 0) is 47.7 Å². The summed E-state index contributed by atoms with van der Waals surface area (Å²) in [6.45, 7) is 0. The number of benzene rings is 2. The number of carbonyl (C=O) groups is 2. The normalized spacial score (nSPS) is 16.2. The molecule has 0 bridgehead atoms. The Bertz CT molecular complexity index is 801. The number of carbonyl (C=O) groups excluding carboxylic acids is 2. The van der Waals surface area contributed by atoms with E-state index in [1.54, 1.807) is 42.5 Å². The summed E-state index contributed by atoms with van der Waals surface area (Å²) in [6.07, 6.45) is 1.58. The molecule has 0 unspecified atom stereocenters. The second-order valence-corrected chi connectivity index (χ2v) is 5.78. The van der Waals surface area contributed by atoms with Gasteiger partial charge in [-0.1, -0.05) is 24.3 Å². The molecule has 0 atom stereocenters. The number of nitrogens with zero attached hydrogens (tertiary/aromatic N) is 1. The molecule has 2 aromatic carbocycles. The van der Waals surface area contributed by atoms with Crippen molar-refractivity contribution in [2.45, 2.75) is 0 Å². The fourth-order valence-corrected chi connectivity index (χ4v) is 3.06. The SMILES string of the molecule is COc1ccc(/C=C2\SC(=O)N(c3ccccc3)C2=O)cc1O. The van der Waals surface area contributed by atoms with E-state index < -0.39 is 0 Å². The molecule has 1 N–H and O–H groups in total. The highest BCUT2D eigenvalue weighted by Crippen LogP contribution is 2.36. The van der Waals surface area contributed by atoms with Gasteiger partial charge in [-0.3, -0.25) is 9.59 Å². The van der Waals surface area contributed by atoms with E-state index in [9.17, 15) is 14.7 Å². The highest BCUT2D eigenvalue weighted by Gasteiger charge is 2.36. The van der Waals surface area contributed by atoms with Crippen LogP contribution in [-0.4, -0.2) is 23.4 Å². The molecule has 0 aliphatic carbocycles. The Hall–Kier alpha value is -2.73. The van der Waals surface area contributed by atoms with Gasteiger partial charge in [0.25, 0.3) is 11.1 Å². The summed E-state index contributed by atoms with van der Waals surface area (Å²) in [5.41, 5.74) is 1.15. The van der Waals surface area contributed by atoms with Crippen LogP contribution < -0.4 is 9.64 Å². The molecule has 116 valence electrons. The second kappa shape index (κ2) is 6.18. The Morgan fingerprint density at radius 2 is 1.87 bits per heavy atom. The zero-order valence-electron chi connectivity index (χ0n) is 12.2. The van der Waals surface area contributed by atoms with Crippen molar-refractivity contribution in [3.05, 3.63) is 59.0 Å². The molecule has 1 heterocycles. The maximum atomic E-state index is 12.5. The van der Waals surface area contributed by atoms with Crippen molar-refractivity contribution in [1.29, 1.82) is 0 Å². The van der Waals surface area contributed by atoms with E-state index in [-0.39, 0.29) is 16.9 Å². The number of aromatic hydroxyl groups is 1. The predicted octanol–water partition coefficient (Wildman–Crippen LogP) is 3.64. The number of amides is 2. The minimum atomic E-state index is -0.374. The number of ether oxygens (including phenoxy) is 1. The Labute approximate surface area is 137 Å². The van der Waals surface area contributed by atoms with Crippen LogP contribution in [0.25, 0.3) is 6.08 Å². The fraction of sp³-hybridized carbons (Fsp3) is 0.0588. The van der Waals surface area contributed by atoms with Crippen LogP contribution in [0.3, 0.4) is 0 Å². The van der Waals surface area contributed by atoms with Crippen molar-refractivity contribution in [3.8, 4) is 11.5 Å². The highest BCUT2D eigenvalue weighted by molar-refractivity contribution is 8.19. The van der Waals surface area contributed by atoms with E-state index in [4.69, 9.17) is 4.74 Å². The average Bonchev–Trinajstić information content (AvgIpc) is 2.82. The number of phenolic OH excluding ortho intramolecular Hbond substituents is 1. The molecule has 5 nitrogen and oxygen atoms in total. The molecule has 0 aromatic heterocycles. The Balaban J connectivity index is 1.91. The number of imide groups is 1. The van der Waals surface area contributed by atoms with Crippen LogP contribution in [0.5, 0.6) is 11.5 Å². The number of hydrogen-bond acceptors (Lipinski definition) is 5. The van der Waals surface area contributed by atoms with Gasteiger partial charge in [-0.25, -0.2) is 4.90 Å². The summed E-state index contributed by atoms with van der Waals surface area (Å²) < 4.78 is 4.98. The zero-order chi connectivity index (χ0) is 16.4. The first-order valence-electron chi connectivity index (χ1n) is 6.80. The molecule has 1 saturated heterocycles. The molecule has 3 rings (SSSR count). The Kier molecular flexibility index (Phi) is 4.08. The average molecular weight is 327 g/mol. The molecule has 0 spiro atoms. The summed E-state index contributed by atoms with van der Waals surface area (Å²) in [4.78, 5) is 26.0. The van der Waals surface area contributed by atoms with Gasteiger partial charge in [-0.2, -0.15) is 0 Å². The standard InChI is InChI=1S/C17H13NO4S/c1-22-14-8-7-11(9-13(14)19)10-15-16(20)18(17(21)23-15)12-5-3-2-4-6-12/h2-10,19H,1H3/b15-10-. The molecule has 2 aromatic rings. The van der Waals surface area contributed by atoms with Gasteiger partial charge in [0.05, 0.1) is 17.7 Å². The summed E-state index contributed by atoms with van der Waals surface area (Å²) >= 11 is 0.873. The van der Waals surface area contributed by atoms with E-state index in [2.05, 4.69) is 0 Å². The van der Waals surface area contributed by atoms with Gasteiger partial charge in [-0.15, -0.1) is 0 Å². The lowest BCUT2D eigenvalue weighted by Gasteiger charge is -2.11. The molecule has 0 radical (unpaired) electrons. The number of rotatable bonds is 3. The monoisotopic (exact) mass is 327 g/mol. The molecule has 1 fully saturated rings. The number of phenols is 1. The quantitative estimate of drug-likeness (QED) is 0.872. The van der Waals surface area contributed by atoms with Gasteiger partial charge in [0.15, 0.2) is 11.5 Å². The maximum Gasteiger partial charge on any atom is 0.298 e. The highest BCUT2D eigenvalue weighted by atomic mass is 32.2. The first kappa shape index (κ1) is 15.2. The van der Waals surface area contributed by atoms with Crippen molar-refractivity contribution in [2.24, 2.45) is 0 Å². The van der Waals surface area contributed by atoms with Gasteiger partial charge in [0.2, 0.25) is 0 Å². The largest absolute Gasteiger partial charge is 0.504 e. The van der Waals surface area contributed by atoms with E-state index in [0.717, 1.165) is 16.7 Å². The number of para-hydroxylation sites is 1. The molecular formula is C17H13NO4S. The van der Waals surface area contributed by atoms with Crippen LogP contribution >= 0.6 is 11.8 Å². The number of anilines is 1. The second-order valence-electron chi connectivity index (χ2n) is 4.78. The van der Waals surface area contributed by atoms with Crippen molar-refractivity contribution >= 4 is 34.7 Å². The molecule has 2 amide bonds. The van der Waals surface area contributed by atoms with Crippen LogP contribution in [-0.2, 0) is 4.79 Å². The Morgan fingerprint density at radius 3 is 2.52 bits per heavy atom. The minimum Gasteiger partial charge on any atom is -0.504 e. The lowest BCUT2D eigenvalue weighted by molar-refractivity contribution is -0.113. The molecule has 1 aliphatic heterocycles. The minimum absolute atomic E-state index is 0.0245. The number of hydrogen-bond donors (Lipinski definition) is 1. The van der Waals surface area contributed by atoms with Crippen molar-refractivity contribution in [2.75, 3.05) is 12.0 Å². The van der Waals surface area contributed by atoms with Crippen LogP contribution in [0, 0.1) is 0 Å². The van der Waals surface area contributed by atoms with Crippen LogP contribution in [0.2, 0.25) is 0 Å². The summed E-state index contributed by atoms with van der Waals surface area (Å²) in [6, 6.07) is 13.6. The van der Waals surface area contributed by atoms with Gasteiger partial charge < -0.3 is 9.84 Å². The fourth-order valence-electron chi connectivity index (χ4n) is 2.22. The van der Waals surface area contributed by atoms with E-state index >= 15 is 0 Å². The molecule has 1 aliphatic rings. The topological polar surface area (TPSA) is 66.8 Å². The first-order valence-corrected chi connectivity index (χ1v) is 7.62. The van der Waals surface area contributed by atoms with Crippen molar-refractivity contribution in [1.82, 2.24) is 0 Å². The van der Waals surface area contributed by atoms with Crippen LogP contribution in [0.15, 0.2) is 53.4 Å². The number of thioether (sulfide) groups is 1. The summed E-state index contributed by atoms with van der Waals surface area (Å²) in [5, 5.41) is 9.45. The summed E-state index contributed by atoms with van der Waals surface area (Å²) in [7, 11) is 1.46. The number of methoxy groups -OCH3 is 1. The van der Waals surface area contributed by atoms with Crippen molar-refractivity contribution < 1.29 is 19.4 Å². The van der Waals surface area contributed by atoms with Gasteiger partial charge >= 0.3 is 0 Å². The molecule has 23 heavy (non-hydrogen) atoms. The third kappa shape index (κ3) is 2.93. The zero-order valence-corrected chi connectivity index (χ0v) is 13.0. The van der Waals surface area contributed by atoms with E-state index in [0.29, 0.717) is 21.9 Å². The third-order valence-corrected chi connectivity index (χ3v) is 4.18. The van der Waals surface area contributed by atoms with Crippen molar-refractivity contribution in [3.63, 3.8) is 0 Å². The molecule has 0 saturated carbocycles. The lowest BCUT2D eigenvalue weighted by Crippen LogP contribution is -2.27. The maximum absolute atomic E-state index is 12.5. The van der Waals surface area contributed by atoms with E-state index in [1.807, 2.05) is 6.07 Å². The van der Waals surface area contributed by atoms with Gasteiger partial charge in [0.1, 0.15) is 0 Å². The predicted molar refractivity (Wildman–Crippen MR) is 89.6 cm³/mol. The van der Waals surface area contributed by atoms with Crippen LogP contribution in [0.1, 0.15) is 5.56 Å². The summed E-state index contributed by atoms with van der Waals surface area (Å²) in [5.74, 6) is -0.0513.